The lowest BCUT2D eigenvalue weighted by Crippen LogP contribution is -2.06. The Labute approximate surface area is 96.2 Å². The summed E-state index contributed by atoms with van der Waals surface area (Å²) in [5.41, 5.74) is 0.537. The van der Waals surface area contributed by atoms with Gasteiger partial charge in [0.1, 0.15) is 5.82 Å². The molecule has 2 aromatic rings. The number of benzene rings is 1. The molecule has 88 valence electrons. The molecule has 2 rings (SSSR count). The molecule has 0 bridgehead atoms. The molecule has 0 aliphatic heterocycles. The number of rotatable bonds is 3. The number of ether oxygens (including phenoxy) is 1. The quantitative estimate of drug-likeness (QED) is 0.763. The van der Waals surface area contributed by atoms with E-state index in [2.05, 4.69) is 10.1 Å². The molecule has 0 fully saturated rings. The highest BCUT2D eigenvalue weighted by molar-refractivity contribution is 5.85. The highest BCUT2D eigenvalue weighted by atomic mass is 19.1. The Bertz CT molecular complexity index is 522. The summed E-state index contributed by atoms with van der Waals surface area (Å²) in [7, 11) is 0. The maximum absolute atomic E-state index is 12.7. The third-order valence-electron chi connectivity index (χ3n) is 1.98. The van der Waals surface area contributed by atoms with E-state index >= 15 is 0 Å². The molecule has 0 aliphatic rings. The number of nitrogens with zero attached hydrogens (tertiary/aromatic N) is 2. The lowest BCUT2D eigenvalue weighted by molar-refractivity contribution is 0.0508. The van der Waals surface area contributed by atoms with Crippen molar-refractivity contribution in [1.82, 2.24) is 10.1 Å². The predicted octanol–water partition coefficient (Wildman–Crippen LogP) is 2.05. The first-order chi connectivity index (χ1) is 8.20. The first kappa shape index (κ1) is 11.3. The van der Waals surface area contributed by atoms with Gasteiger partial charge in [-0.1, -0.05) is 0 Å². The highest BCUT2D eigenvalue weighted by Gasteiger charge is 2.16. The minimum Gasteiger partial charge on any atom is -0.460 e. The molecule has 17 heavy (non-hydrogen) atoms. The number of hydrogen-bond acceptors (Lipinski definition) is 5. The van der Waals surface area contributed by atoms with E-state index in [1.807, 2.05) is 0 Å². The average molecular weight is 236 g/mol. The molecule has 0 amide bonds. The zero-order chi connectivity index (χ0) is 12.3. The number of esters is 1. The van der Waals surface area contributed by atoms with E-state index in [-0.39, 0.29) is 24.1 Å². The molecule has 0 saturated heterocycles. The van der Waals surface area contributed by atoms with E-state index < -0.39 is 5.97 Å². The van der Waals surface area contributed by atoms with Crippen LogP contribution in [0.4, 0.5) is 4.39 Å². The van der Waals surface area contributed by atoms with Crippen molar-refractivity contribution in [2.75, 3.05) is 6.61 Å². The molecule has 1 heterocycles. The van der Waals surface area contributed by atoms with Crippen molar-refractivity contribution < 1.29 is 18.4 Å². The van der Waals surface area contributed by atoms with Crippen LogP contribution in [-0.2, 0) is 4.74 Å². The van der Waals surface area contributed by atoms with Crippen molar-refractivity contribution in [3.05, 3.63) is 35.9 Å². The highest BCUT2D eigenvalue weighted by Crippen LogP contribution is 2.17. The molecule has 0 saturated carbocycles. The second kappa shape index (κ2) is 4.73. The number of hydrogen-bond donors (Lipinski definition) is 0. The van der Waals surface area contributed by atoms with Crippen LogP contribution in [0, 0.1) is 5.82 Å². The van der Waals surface area contributed by atoms with Crippen LogP contribution in [0.15, 0.2) is 28.8 Å². The van der Waals surface area contributed by atoms with Gasteiger partial charge in [0, 0.05) is 5.56 Å². The van der Waals surface area contributed by atoms with Crippen LogP contribution >= 0.6 is 0 Å². The molecule has 0 N–H and O–H groups in total. The molecular formula is C11H9FN2O3. The van der Waals surface area contributed by atoms with Gasteiger partial charge < -0.3 is 9.26 Å². The Hall–Kier alpha value is -2.24. The third-order valence-corrected chi connectivity index (χ3v) is 1.98. The number of carbonyl (C=O) groups excluding carboxylic acids is 1. The van der Waals surface area contributed by atoms with Crippen molar-refractivity contribution in [1.29, 1.82) is 0 Å². The van der Waals surface area contributed by atoms with Crippen molar-refractivity contribution in [3.63, 3.8) is 0 Å². The van der Waals surface area contributed by atoms with Gasteiger partial charge in [0.2, 0.25) is 0 Å². The Morgan fingerprint density at radius 3 is 2.76 bits per heavy atom. The molecule has 6 heteroatoms. The summed E-state index contributed by atoms with van der Waals surface area (Å²) < 4.78 is 22.3. The van der Waals surface area contributed by atoms with Crippen molar-refractivity contribution in [3.8, 4) is 11.5 Å². The Kier molecular flexibility index (Phi) is 3.13. The molecule has 0 atom stereocenters. The zero-order valence-electron chi connectivity index (χ0n) is 9.01. The first-order valence-corrected chi connectivity index (χ1v) is 4.97. The summed E-state index contributed by atoms with van der Waals surface area (Å²) in [5, 5.41) is 3.48. The van der Waals surface area contributed by atoms with Gasteiger partial charge in [0.15, 0.2) is 0 Å². The van der Waals surface area contributed by atoms with E-state index in [0.717, 1.165) is 0 Å². The molecule has 1 aromatic carbocycles. The number of aromatic nitrogens is 2. The number of carbonyl (C=O) groups is 1. The summed E-state index contributed by atoms with van der Waals surface area (Å²) in [4.78, 5) is 15.1. The van der Waals surface area contributed by atoms with Gasteiger partial charge in [-0.05, 0) is 36.3 Å². The van der Waals surface area contributed by atoms with E-state index in [1.165, 1.54) is 24.3 Å². The fraction of sp³-hybridized carbons (Fsp3) is 0.182. The molecular weight excluding hydrogens is 227 g/mol. The van der Waals surface area contributed by atoms with Crippen LogP contribution in [0.25, 0.3) is 11.5 Å². The topological polar surface area (TPSA) is 65.2 Å². The van der Waals surface area contributed by atoms with Gasteiger partial charge in [-0.3, -0.25) is 0 Å². The Morgan fingerprint density at radius 1 is 1.41 bits per heavy atom. The van der Waals surface area contributed by atoms with Gasteiger partial charge in [-0.15, -0.1) is 0 Å². The van der Waals surface area contributed by atoms with Crippen LogP contribution in [-0.4, -0.2) is 22.7 Å². The zero-order valence-corrected chi connectivity index (χ0v) is 9.01. The van der Waals surface area contributed by atoms with Crippen LogP contribution in [0.1, 0.15) is 17.5 Å². The van der Waals surface area contributed by atoms with Crippen LogP contribution in [0.2, 0.25) is 0 Å². The van der Waals surface area contributed by atoms with Crippen molar-refractivity contribution >= 4 is 5.97 Å². The minimum atomic E-state index is -0.649. The molecule has 0 spiro atoms. The van der Waals surface area contributed by atoms with Gasteiger partial charge in [-0.2, -0.15) is 4.98 Å². The first-order valence-electron chi connectivity index (χ1n) is 4.97. The molecule has 0 radical (unpaired) electrons. The maximum atomic E-state index is 12.7. The minimum absolute atomic E-state index is 0.146. The SMILES string of the molecule is CCOC(=O)c1noc(-c2ccc(F)cc2)n1. The monoisotopic (exact) mass is 236 g/mol. The summed E-state index contributed by atoms with van der Waals surface area (Å²) in [5.74, 6) is -1.01. The summed E-state index contributed by atoms with van der Waals surface area (Å²) >= 11 is 0. The second-order valence-corrected chi connectivity index (χ2v) is 3.15. The molecule has 1 aromatic heterocycles. The molecule has 5 nitrogen and oxygen atoms in total. The normalized spacial score (nSPS) is 10.2. The van der Waals surface area contributed by atoms with Gasteiger partial charge in [0.05, 0.1) is 6.61 Å². The lowest BCUT2D eigenvalue weighted by atomic mass is 10.2. The van der Waals surface area contributed by atoms with E-state index in [1.54, 1.807) is 6.92 Å². The van der Waals surface area contributed by atoms with E-state index in [4.69, 9.17) is 9.26 Å². The molecule has 0 aliphatic carbocycles. The van der Waals surface area contributed by atoms with Gasteiger partial charge in [0.25, 0.3) is 11.7 Å². The van der Waals surface area contributed by atoms with Gasteiger partial charge in [-0.25, -0.2) is 9.18 Å². The average Bonchev–Trinajstić information content (AvgIpc) is 2.80. The van der Waals surface area contributed by atoms with Crippen molar-refractivity contribution in [2.45, 2.75) is 6.92 Å². The fourth-order valence-corrected chi connectivity index (χ4v) is 1.21. The standard InChI is InChI=1S/C11H9FN2O3/c1-2-16-11(15)9-13-10(17-14-9)7-3-5-8(12)6-4-7/h3-6H,2H2,1H3. The van der Waals surface area contributed by atoms with E-state index in [9.17, 15) is 9.18 Å². The summed E-state index contributed by atoms with van der Waals surface area (Å²) in [6.07, 6.45) is 0. The largest absolute Gasteiger partial charge is 0.460 e. The fourth-order valence-electron chi connectivity index (χ4n) is 1.21. The van der Waals surface area contributed by atoms with Crippen LogP contribution in [0.5, 0.6) is 0 Å². The summed E-state index contributed by atoms with van der Waals surface area (Å²) in [6, 6.07) is 5.50. The smallest absolute Gasteiger partial charge is 0.379 e. The molecule has 0 unspecified atom stereocenters. The summed E-state index contributed by atoms with van der Waals surface area (Å²) in [6.45, 7) is 1.91. The van der Waals surface area contributed by atoms with Gasteiger partial charge >= 0.3 is 5.97 Å². The lowest BCUT2D eigenvalue weighted by Gasteiger charge is -1.94. The second-order valence-electron chi connectivity index (χ2n) is 3.15. The maximum Gasteiger partial charge on any atom is 0.379 e. The van der Waals surface area contributed by atoms with Crippen LogP contribution in [0.3, 0.4) is 0 Å². The van der Waals surface area contributed by atoms with Crippen molar-refractivity contribution in [2.24, 2.45) is 0 Å². The Morgan fingerprint density at radius 2 is 2.12 bits per heavy atom. The third kappa shape index (κ3) is 2.47. The predicted molar refractivity (Wildman–Crippen MR) is 55.6 cm³/mol. The Balaban J connectivity index is 2.23. The number of halogens is 1. The van der Waals surface area contributed by atoms with E-state index in [0.29, 0.717) is 5.56 Å². The van der Waals surface area contributed by atoms with Crippen LogP contribution < -0.4 is 0 Å².